The third-order valence-corrected chi connectivity index (χ3v) is 5.42. The predicted octanol–water partition coefficient (Wildman–Crippen LogP) is 2.85. The number of amides is 1. The van der Waals surface area contributed by atoms with E-state index in [-0.39, 0.29) is 11.5 Å². The van der Waals surface area contributed by atoms with Crippen LogP contribution in [0.1, 0.15) is 43.2 Å². The molecule has 1 aromatic carbocycles. The molecule has 0 radical (unpaired) electrons. The van der Waals surface area contributed by atoms with E-state index in [2.05, 4.69) is 15.5 Å². The number of fused-ring (bicyclic) bond motifs is 1. The first-order valence-corrected chi connectivity index (χ1v) is 9.36. The second kappa shape index (κ2) is 6.98. The van der Waals surface area contributed by atoms with Gasteiger partial charge in [0.15, 0.2) is 5.65 Å². The first-order valence-electron chi connectivity index (χ1n) is 9.36. The molecular weight excluding hydrogens is 342 g/mol. The van der Waals surface area contributed by atoms with Gasteiger partial charge in [-0.2, -0.15) is 5.10 Å². The lowest BCUT2D eigenvalue weighted by Crippen LogP contribution is -2.33. The second-order valence-corrected chi connectivity index (χ2v) is 7.37. The van der Waals surface area contributed by atoms with Crippen LogP contribution in [0.2, 0.25) is 0 Å². The van der Waals surface area contributed by atoms with E-state index in [0.717, 1.165) is 28.8 Å². The summed E-state index contributed by atoms with van der Waals surface area (Å²) in [6.45, 7) is 4.08. The zero-order chi connectivity index (χ0) is 19.0. The van der Waals surface area contributed by atoms with Gasteiger partial charge >= 0.3 is 0 Å². The summed E-state index contributed by atoms with van der Waals surface area (Å²) in [6, 6.07) is 5.98. The summed E-state index contributed by atoms with van der Waals surface area (Å²) in [5.41, 5.74) is 6.00. The minimum Gasteiger partial charge on any atom is -0.273 e. The molecule has 1 aliphatic carbocycles. The van der Waals surface area contributed by atoms with Crippen LogP contribution in [-0.2, 0) is 4.79 Å². The van der Waals surface area contributed by atoms with Gasteiger partial charge in [-0.1, -0.05) is 18.9 Å². The molecule has 140 valence electrons. The fourth-order valence-electron chi connectivity index (χ4n) is 3.69. The van der Waals surface area contributed by atoms with Crippen molar-refractivity contribution in [1.29, 1.82) is 0 Å². The van der Waals surface area contributed by atoms with Crippen molar-refractivity contribution in [1.82, 2.24) is 19.4 Å². The maximum Gasteiger partial charge on any atom is 0.283 e. The molecule has 1 fully saturated rings. The summed E-state index contributed by atoms with van der Waals surface area (Å²) in [5.74, 6) is 0.275. The standard InChI is InChI=1S/C20H23N5O2/c1-13-7-8-16(9-14(13)2)25-19-17(11-22-25)20(27)24(12-21-19)23-18(26)10-15-5-3-4-6-15/h7-9,11-12,15H,3-6,10H2,1-2H3,(H,23,26). The molecule has 0 bridgehead atoms. The van der Waals surface area contributed by atoms with Crippen LogP contribution in [0.4, 0.5) is 0 Å². The minimum absolute atomic E-state index is 0.147. The maximum absolute atomic E-state index is 12.7. The highest BCUT2D eigenvalue weighted by atomic mass is 16.2. The van der Waals surface area contributed by atoms with Crippen molar-refractivity contribution in [2.24, 2.45) is 5.92 Å². The molecule has 4 rings (SSSR count). The average molecular weight is 365 g/mol. The number of carbonyl (C=O) groups excluding carboxylic acids is 1. The number of nitrogens with zero attached hydrogens (tertiary/aromatic N) is 4. The van der Waals surface area contributed by atoms with Crippen LogP contribution < -0.4 is 11.0 Å². The molecule has 1 saturated carbocycles. The number of carbonyl (C=O) groups is 1. The van der Waals surface area contributed by atoms with Crippen LogP contribution >= 0.6 is 0 Å². The third-order valence-electron chi connectivity index (χ3n) is 5.42. The van der Waals surface area contributed by atoms with Gasteiger partial charge in [0.05, 0.1) is 11.9 Å². The minimum atomic E-state index is -0.324. The first kappa shape index (κ1) is 17.5. The summed E-state index contributed by atoms with van der Waals surface area (Å²) in [6.07, 6.45) is 7.85. The summed E-state index contributed by atoms with van der Waals surface area (Å²) in [4.78, 5) is 29.3. The molecule has 0 unspecified atom stereocenters. The van der Waals surface area contributed by atoms with Gasteiger partial charge in [-0.05, 0) is 55.9 Å². The van der Waals surface area contributed by atoms with Crippen LogP contribution in [0.5, 0.6) is 0 Å². The molecule has 27 heavy (non-hydrogen) atoms. The Hall–Kier alpha value is -2.96. The summed E-state index contributed by atoms with van der Waals surface area (Å²) >= 11 is 0. The van der Waals surface area contributed by atoms with Crippen molar-refractivity contribution in [2.45, 2.75) is 46.0 Å². The molecule has 3 aromatic rings. The van der Waals surface area contributed by atoms with E-state index in [0.29, 0.717) is 23.4 Å². The first-order chi connectivity index (χ1) is 13.0. The van der Waals surface area contributed by atoms with Crippen LogP contribution in [0.25, 0.3) is 16.7 Å². The maximum atomic E-state index is 12.7. The van der Waals surface area contributed by atoms with E-state index in [1.807, 2.05) is 32.0 Å². The number of nitrogens with one attached hydrogen (secondary N) is 1. The van der Waals surface area contributed by atoms with E-state index in [4.69, 9.17) is 0 Å². The number of benzene rings is 1. The highest BCUT2D eigenvalue weighted by Gasteiger charge is 2.19. The van der Waals surface area contributed by atoms with Gasteiger partial charge in [0, 0.05) is 6.42 Å². The zero-order valence-corrected chi connectivity index (χ0v) is 15.6. The highest BCUT2D eigenvalue weighted by molar-refractivity contribution is 5.84. The Labute approximate surface area is 157 Å². The normalized spacial score (nSPS) is 14.7. The Morgan fingerprint density at radius 3 is 2.74 bits per heavy atom. The molecule has 1 amide bonds. The molecule has 0 saturated heterocycles. The number of hydrogen-bond acceptors (Lipinski definition) is 4. The Bertz CT molecular complexity index is 1060. The molecule has 2 heterocycles. The molecule has 7 heteroatoms. The Balaban J connectivity index is 1.62. The van der Waals surface area contributed by atoms with Gasteiger partial charge in [0.1, 0.15) is 11.7 Å². The van der Waals surface area contributed by atoms with Crippen LogP contribution in [0.15, 0.2) is 35.5 Å². The van der Waals surface area contributed by atoms with E-state index in [1.54, 1.807) is 4.68 Å². The van der Waals surface area contributed by atoms with Gasteiger partial charge in [-0.3, -0.25) is 15.0 Å². The number of aromatic nitrogens is 4. The molecular formula is C20H23N5O2. The van der Waals surface area contributed by atoms with Crippen LogP contribution in [-0.4, -0.2) is 25.3 Å². The van der Waals surface area contributed by atoms with E-state index in [1.165, 1.54) is 30.9 Å². The quantitative estimate of drug-likeness (QED) is 0.771. The fourth-order valence-corrected chi connectivity index (χ4v) is 3.69. The van der Waals surface area contributed by atoms with Crippen LogP contribution in [0, 0.1) is 19.8 Å². The van der Waals surface area contributed by atoms with Crippen molar-refractivity contribution in [3.63, 3.8) is 0 Å². The Kier molecular flexibility index (Phi) is 4.51. The second-order valence-electron chi connectivity index (χ2n) is 7.37. The lowest BCUT2D eigenvalue weighted by atomic mass is 10.0. The summed E-state index contributed by atoms with van der Waals surface area (Å²) in [7, 11) is 0. The number of hydrogen-bond donors (Lipinski definition) is 1. The molecule has 7 nitrogen and oxygen atoms in total. The largest absolute Gasteiger partial charge is 0.283 e. The summed E-state index contributed by atoms with van der Waals surface area (Å²) in [5, 5.41) is 4.70. The van der Waals surface area contributed by atoms with Gasteiger partial charge in [-0.25, -0.2) is 14.3 Å². The van der Waals surface area contributed by atoms with Crippen molar-refractivity contribution in [3.8, 4) is 5.69 Å². The molecule has 0 spiro atoms. The lowest BCUT2D eigenvalue weighted by Gasteiger charge is -2.11. The SMILES string of the molecule is Cc1ccc(-n2ncc3c(=O)n(NC(=O)CC4CCCC4)cnc32)cc1C. The Morgan fingerprint density at radius 1 is 1.22 bits per heavy atom. The van der Waals surface area contributed by atoms with Gasteiger partial charge in [0.2, 0.25) is 5.91 Å². The number of aryl methyl sites for hydroxylation is 2. The third kappa shape index (κ3) is 3.37. The smallest absolute Gasteiger partial charge is 0.273 e. The topological polar surface area (TPSA) is 81.8 Å². The van der Waals surface area contributed by atoms with Gasteiger partial charge < -0.3 is 0 Å². The zero-order valence-electron chi connectivity index (χ0n) is 15.6. The highest BCUT2D eigenvalue weighted by Crippen LogP contribution is 2.27. The van der Waals surface area contributed by atoms with Gasteiger partial charge in [0.25, 0.3) is 5.56 Å². The van der Waals surface area contributed by atoms with Crippen molar-refractivity contribution in [2.75, 3.05) is 5.43 Å². The van der Waals surface area contributed by atoms with E-state index < -0.39 is 0 Å². The van der Waals surface area contributed by atoms with E-state index in [9.17, 15) is 9.59 Å². The average Bonchev–Trinajstić information content (AvgIpc) is 3.30. The molecule has 2 aromatic heterocycles. The van der Waals surface area contributed by atoms with Crippen molar-refractivity contribution < 1.29 is 4.79 Å². The van der Waals surface area contributed by atoms with Gasteiger partial charge in [-0.15, -0.1) is 0 Å². The van der Waals surface area contributed by atoms with Crippen LogP contribution in [0.3, 0.4) is 0 Å². The molecule has 1 N–H and O–H groups in total. The fraction of sp³-hybridized carbons (Fsp3) is 0.400. The lowest BCUT2D eigenvalue weighted by molar-refractivity contribution is -0.118. The number of rotatable bonds is 4. The van der Waals surface area contributed by atoms with Crippen molar-refractivity contribution >= 4 is 16.9 Å². The van der Waals surface area contributed by atoms with E-state index >= 15 is 0 Å². The summed E-state index contributed by atoms with van der Waals surface area (Å²) < 4.78 is 2.81. The molecule has 1 aliphatic rings. The monoisotopic (exact) mass is 365 g/mol. The predicted molar refractivity (Wildman–Crippen MR) is 104 cm³/mol. The molecule has 0 atom stereocenters. The molecule has 0 aliphatic heterocycles. The van der Waals surface area contributed by atoms with Crippen molar-refractivity contribution in [3.05, 3.63) is 52.2 Å². The Morgan fingerprint density at radius 2 is 2.00 bits per heavy atom.